The number of hydrogen-bond acceptors (Lipinski definition) is 6. The maximum absolute atomic E-state index is 11.3. The Labute approximate surface area is 153 Å². The molecule has 2 aromatic carbocycles. The van der Waals surface area contributed by atoms with E-state index in [9.17, 15) is 4.79 Å². The average molecular weight is 398 g/mol. The molecule has 0 aliphatic carbocycles. The topological polar surface area (TPSA) is 79.8 Å². The van der Waals surface area contributed by atoms with Crippen LogP contribution in [0.5, 0.6) is 0 Å². The first kappa shape index (κ1) is 17.0. The third kappa shape index (κ3) is 4.39. The summed E-state index contributed by atoms with van der Waals surface area (Å²) in [7, 11) is 0. The number of halogens is 1. The summed E-state index contributed by atoms with van der Waals surface area (Å²) in [5.41, 5.74) is 3.46. The monoisotopic (exact) mass is 397 g/mol. The number of carbonyl (C=O) groups is 1. The summed E-state index contributed by atoms with van der Waals surface area (Å²) in [6.45, 7) is 3.54. The van der Waals surface area contributed by atoms with Gasteiger partial charge in [-0.05, 0) is 61.9 Å². The molecule has 0 saturated heterocycles. The minimum Gasteiger partial charge on any atom is -0.339 e. The van der Waals surface area contributed by atoms with Gasteiger partial charge < -0.3 is 10.6 Å². The van der Waals surface area contributed by atoms with Crippen molar-refractivity contribution in [3.8, 4) is 0 Å². The highest BCUT2D eigenvalue weighted by molar-refractivity contribution is 9.10. The summed E-state index contributed by atoms with van der Waals surface area (Å²) in [5, 5.41) is 14.3. The van der Waals surface area contributed by atoms with Gasteiger partial charge in [0, 0.05) is 21.4 Å². The molecule has 0 spiro atoms. The Hall–Kier alpha value is -2.80. The number of ketones is 1. The molecule has 0 fully saturated rings. The van der Waals surface area contributed by atoms with Gasteiger partial charge in [-0.1, -0.05) is 15.9 Å². The highest BCUT2D eigenvalue weighted by Gasteiger charge is 2.05. The van der Waals surface area contributed by atoms with Crippen LogP contribution in [-0.4, -0.2) is 21.0 Å². The van der Waals surface area contributed by atoms with E-state index < -0.39 is 0 Å². The lowest BCUT2D eigenvalue weighted by Crippen LogP contribution is -2.03. The molecular formula is C18H16BrN5O. The van der Waals surface area contributed by atoms with Crippen LogP contribution in [0.1, 0.15) is 22.8 Å². The van der Waals surface area contributed by atoms with Crippen LogP contribution < -0.4 is 10.6 Å². The van der Waals surface area contributed by atoms with Crippen LogP contribution in [-0.2, 0) is 0 Å². The molecule has 0 saturated carbocycles. The number of anilines is 4. The van der Waals surface area contributed by atoms with Crippen molar-refractivity contribution in [2.45, 2.75) is 13.8 Å². The Morgan fingerprint density at radius 2 is 1.84 bits per heavy atom. The molecule has 0 bridgehead atoms. The Morgan fingerprint density at radius 1 is 1.08 bits per heavy atom. The van der Waals surface area contributed by atoms with Gasteiger partial charge >= 0.3 is 0 Å². The quantitative estimate of drug-likeness (QED) is 0.610. The summed E-state index contributed by atoms with van der Waals surface area (Å²) in [5.74, 6) is 0.991. The molecule has 126 valence electrons. The number of aromatic nitrogens is 3. The first-order chi connectivity index (χ1) is 12.0. The summed E-state index contributed by atoms with van der Waals surface area (Å²) < 4.78 is 1.01. The van der Waals surface area contributed by atoms with Gasteiger partial charge in [0.1, 0.15) is 0 Å². The molecule has 0 amide bonds. The van der Waals surface area contributed by atoms with E-state index in [0.29, 0.717) is 17.3 Å². The maximum atomic E-state index is 11.3. The lowest BCUT2D eigenvalue weighted by Gasteiger charge is -2.10. The fraction of sp³-hybridized carbons (Fsp3) is 0.111. The molecule has 3 aromatic rings. The van der Waals surface area contributed by atoms with Crippen LogP contribution >= 0.6 is 15.9 Å². The van der Waals surface area contributed by atoms with Crippen molar-refractivity contribution in [2.24, 2.45) is 0 Å². The van der Waals surface area contributed by atoms with Crippen LogP contribution in [0.4, 0.5) is 23.1 Å². The minimum absolute atomic E-state index is 0.0339. The largest absolute Gasteiger partial charge is 0.339 e. The molecule has 0 aliphatic heterocycles. The van der Waals surface area contributed by atoms with E-state index in [0.717, 1.165) is 21.4 Å². The normalized spacial score (nSPS) is 10.4. The number of carbonyl (C=O) groups excluding carboxylic acids is 1. The zero-order valence-electron chi connectivity index (χ0n) is 13.7. The molecule has 25 heavy (non-hydrogen) atoms. The molecule has 2 N–H and O–H groups in total. The molecule has 1 heterocycles. The van der Waals surface area contributed by atoms with E-state index in [-0.39, 0.29) is 5.78 Å². The zero-order chi connectivity index (χ0) is 17.8. The molecule has 0 radical (unpaired) electrons. The predicted octanol–water partition coefficient (Wildman–Crippen LogP) is 4.63. The van der Waals surface area contributed by atoms with Crippen molar-refractivity contribution >= 4 is 44.9 Å². The second kappa shape index (κ2) is 7.40. The lowest BCUT2D eigenvalue weighted by atomic mass is 10.1. The van der Waals surface area contributed by atoms with Crippen molar-refractivity contribution in [1.29, 1.82) is 0 Å². The second-order valence-electron chi connectivity index (χ2n) is 5.51. The number of Topliss-reactive ketones (excluding diaryl/α,β-unsaturated/α-hetero) is 1. The van der Waals surface area contributed by atoms with Gasteiger partial charge in [-0.25, -0.2) is 0 Å². The molecule has 3 rings (SSSR count). The fourth-order valence-electron chi connectivity index (χ4n) is 2.24. The highest BCUT2D eigenvalue weighted by Crippen LogP contribution is 2.23. The van der Waals surface area contributed by atoms with Crippen molar-refractivity contribution < 1.29 is 4.79 Å². The first-order valence-corrected chi connectivity index (χ1v) is 8.41. The van der Waals surface area contributed by atoms with Gasteiger partial charge in [-0.2, -0.15) is 10.1 Å². The lowest BCUT2D eigenvalue weighted by molar-refractivity contribution is 0.101. The molecule has 1 aromatic heterocycles. The summed E-state index contributed by atoms with van der Waals surface area (Å²) in [4.78, 5) is 15.7. The van der Waals surface area contributed by atoms with E-state index in [1.165, 1.54) is 0 Å². The van der Waals surface area contributed by atoms with E-state index in [4.69, 9.17) is 0 Å². The SMILES string of the molecule is CC(=O)c1ccc(Nc2cnnc(Nc3ccc(Br)cc3C)n2)cc1. The third-order valence-corrected chi connectivity index (χ3v) is 4.05. The van der Waals surface area contributed by atoms with Crippen molar-refractivity contribution in [3.05, 3.63) is 64.3 Å². The maximum Gasteiger partial charge on any atom is 0.249 e. The number of aryl methyl sites for hydroxylation is 1. The fourth-order valence-corrected chi connectivity index (χ4v) is 2.72. The smallest absolute Gasteiger partial charge is 0.249 e. The van der Waals surface area contributed by atoms with Gasteiger partial charge in [0.2, 0.25) is 5.95 Å². The third-order valence-electron chi connectivity index (χ3n) is 3.56. The van der Waals surface area contributed by atoms with E-state index >= 15 is 0 Å². The Kier molecular flexibility index (Phi) is 5.04. The molecule has 0 unspecified atom stereocenters. The highest BCUT2D eigenvalue weighted by atomic mass is 79.9. The van der Waals surface area contributed by atoms with Crippen LogP contribution in [0.3, 0.4) is 0 Å². The van der Waals surface area contributed by atoms with Gasteiger partial charge in [0.25, 0.3) is 0 Å². The number of benzene rings is 2. The number of nitrogens with one attached hydrogen (secondary N) is 2. The molecule has 7 heteroatoms. The number of nitrogens with zero attached hydrogens (tertiary/aromatic N) is 3. The Bertz CT molecular complexity index is 912. The van der Waals surface area contributed by atoms with Gasteiger partial charge in [-0.15, -0.1) is 5.10 Å². The minimum atomic E-state index is 0.0339. The van der Waals surface area contributed by atoms with Gasteiger partial charge in [0.15, 0.2) is 11.6 Å². The van der Waals surface area contributed by atoms with Gasteiger partial charge in [-0.3, -0.25) is 4.79 Å². The molecular weight excluding hydrogens is 382 g/mol. The van der Waals surface area contributed by atoms with E-state index in [1.54, 1.807) is 25.3 Å². The first-order valence-electron chi connectivity index (χ1n) is 7.62. The van der Waals surface area contributed by atoms with Crippen LogP contribution in [0, 0.1) is 6.92 Å². The van der Waals surface area contributed by atoms with Crippen LogP contribution in [0.25, 0.3) is 0 Å². The van der Waals surface area contributed by atoms with Crippen LogP contribution in [0.2, 0.25) is 0 Å². The van der Waals surface area contributed by atoms with Crippen molar-refractivity contribution in [1.82, 2.24) is 15.2 Å². The molecule has 0 atom stereocenters. The summed E-state index contributed by atoms with van der Waals surface area (Å²) in [6, 6.07) is 13.1. The Morgan fingerprint density at radius 3 is 2.52 bits per heavy atom. The summed E-state index contributed by atoms with van der Waals surface area (Å²) >= 11 is 3.44. The number of hydrogen-bond donors (Lipinski definition) is 2. The van der Waals surface area contributed by atoms with Crippen LogP contribution in [0.15, 0.2) is 53.1 Å². The van der Waals surface area contributed by atoms with Crippen molar-refractivity contribution in [3.63, 3.8) is 0 Å². The standard InChI is InChI=1S/C18H16BrN5O/c1-11-9-14(19)5-8-16(11)22-18-23-17(10-20-24-18)21-15-6-3-13(4-7-15)12(2)25/h3-10H,1-2H3,(H2,21,22,23,24). The summed E-state index contributed by atoms with van der Waals surface area (Å²) in [6.07, 6.45) is 1.54. The molecule has 6 nitrogen and oxygen atoms in total. The predicted molar refractivity (Wildman–Crippen MR) is 102 cm³/mol. The van der Waals surface area contributed by atoms with E-state index in [2.05, 4.69) is 41.7 Å². The Balaban J connectivity index is 1.76. The zero-order valence-corrected chi connectivity index (χ0v) is 15.3. The van der Waals surface area contributed by atoms with Gasteiger partial charge in [0.05, 0.1) is 6.20 Å². The molecule has 0 aliphatic rings. The average Bonchev–Trinajstić information content (AvgIpc) is 2.58. The van der Waals surface area contributed by atoms with E-state index in [1.807, 2.05) is 37.3 Å². The number of rotatable bonds is 5. The van der Waals surface area contributed by atoms with Crippen molar-refractivity contribution in [2.75, 3.05) is 10.6 Å². The second-order valence-corrected chi connectivity index (χ2v) is 6.42.